The zero-order valence-electron chi connectivity index (χ0n) is 9.61. The molecule has 2 rings (SSSR count). The standard InChI is InChI=1S/C13H10F3NO2/c14-13(15,16)19-10-3-1-2-8(6-10)11-5-4-9(17)7-12(11)18/h1-7,18H,17H2. The number of hydrogen-bond acceptors (Lipinski definition) is 3. The largest absolute Gasteiger partial charge is 0.573 e. The molecule has 100 valence electrons. The summed E-state index contributed by atoms with van der Waals surface area (Å²) in [6.45, 7) is 0. The van der Waals surface area contributed by atoms with E-state index >= 15 is 0 Å². The van der Waals surface area contributed by atoms with Crippen molar-refractivity contribution in [3.8, 4) is 22.6 Å². The van der Waals surface area contributed by atoms with E-state index < -0.39 is 6.36 Å². The molecule has 3 nitrogen and oxygen atoms in total. The zero-order chi connectivity index (χ0) is 14.0. The van der Waals surface area contributed by atoms with Crippen LogP contribution in [0.15, 0.2) is 42.5 Å². The van der Waals surface area contributed by atoms with E-state index in [-0.39, 0.29) is 11.5 Å². The van der Waals surface area contributed by atoms with Gasteiger partial charge < -0.3 is 15.6 Å². The Bertz CT molecular complexity index is 597. The molecule has 2 aromatic rings. The number of nitrogen functional groups attached to an aromatic ring is 1. The highest BCUT2D eigenvalue weighted by Gasteiger charge is 2.31. The highest BCUT2D eigenvalue weighted by molar-refractivity contribution is 5.73. The summed E-state index contributed by atoms with van der Waals surface area (Å²) in [5.41, 5.74) is 6.63. The van der Waals surface area contributed by atoms with Crippen LogP contribution in [0.3, 0.4) is 0 Å². The van der Waals surface area contributed by atoms with E-state index in [4.69, 9.17) is 5.73 Å². The van der Waals surface area contributed by atoms with Crippen molar-refractivity contribution in [3.63, 3.8) is 0 Å². The van der Waals surface area contributed by atoms with Crippen molar-refractivity contribution in [2.75, 3.05) is 5.73 Å². The van der Waals surface area contributed by atoms with Crippen molar-refractivity contribution in [1.29, 1.82) is 0 Å². The topological polar surface area (TPSA) is 55.5 Å². The Hall–Kier alpha value is -2.37. The summed E-state index contributed by atoms with van der Waals surface area (Å²) in [4.78, 5) is 0. The van der Waals surface area contributed by atoms with Gasteiger partial charge in [-0.3, -0.25) is 0 Å². The number of benzene rings is 2. The average Bonchev–Trinajstić information content (AvgIpc) is 2.26. The first kappa shape index (κ1) is 13.1. The van der Waals surface area contributed by atoms with Gasteiger partial charge in [0, 0.05) is 17.3 Å². The van der Waals surface area contributed by atoms with E-state index in [0.717, 1.165) is 0 Å². The number of halogens is 3. The van der Waals surface area contributed by atoms with Crippen LogP contribution >= 0.6 is 0 Å². The highest BCUT2D eigenvalue weighted by atomic mass is 19.4. The first-order valence-corrected chi connectivity index (χ1v) is 5.30. The minimum Gasteiger partial charge on any atom is -0.507 e. The molecule has 0 spiro atoms. The van der Waals surface area contributed by atoms with Crippen LogP contribution in [0.2, 0.25) is 0 Å². The predicted molar refractivity (Wildman–Crippen MR) is 64.6 cm³/mol. The summed E-state index contributed by atoms with van der Waals surface area (Å²) in [6.07, 6.45) is -4.75. The fourth-order valence-electron chi connectivity index (χ4n) is 1.65. The van der Waals surface area contributed by atoms with Gasteiger partial charge in [-0.2, -0.15) is 0 Å². The Balaban J connectivity index is 2.38. The van der Waals surface area contributed by atoms with Crippen molar-refractivity contribution < 1.29 is 23.0 Å². The van der Waals surface area contributed by atoms with Crippen molar-refractivity contribution in [1.82, 2.24) is 0 Å². The third-order valence-electron chi connectivity index (χ3n) is 2.40. The van der Waals surface area contributed by atoms with Crippen LogP contribution in [-0.2, 0) is 0 Å². The predicted octanol–water partition coefficient (Wildman–Crippen LogP) is 3.54. The van der Waals surface area contributed by atoms with Crippen LogP contribution in [0.4, 0.5) is 18.9 Å². The van der Waals surface area contributed by atoms with E-state index in [9.17, 15) is 18.3 Å². The van der Waals surface area contributed by atoms with Crippen LogP contribution in [0.5, 0.6) is 11.5 Å². The number of phenols is 1. The smallest absolute Gasteiger partial charge is 0.507 e. The maximum atomic E-state index is 12.1. The van der Waals surface area contributed by atoms with E-state index in [0.29, 0.717) is 16.8 Å². The number of rotatable bonds is 2. The molecule has 0 saturated carbocycles. The minimum atomic E-state index is -4.75. The van der Waals surface area contributed by atoms with Crippen molar-refractivity contribution >= 4 is 5.69 Å². The monoisotopic (exact) mass is 269 g/mol. The number of nitrogens with two attached hydrogens (primary N) is 1. The molecule has 0 unspecified atom stereocenters. The third kappa shape index (κ3) is 3.31. The molecule has 19 heavy (non-hydrogen) atoms. The second-order valence-electron chi connectivity index (χ2n) is 3.85. The van der Waals surface area contributed by atoms with Gasteiger partial charge in [-0.1, -0.05) is 12.1 Å². The number of aromatic hydroxyl groups is 1. The molecular formula is C13H10F3NO2. The van der Waals surface area contributed by atoms with Gasteiger partial charge >= 0.3 is 6.36 Å². The Morgan fingerprint density at radius 3 is 2.42 bits per heavy atom. The third-order valence-corrected chi connectivity index (χ3v) is 2.40. The molecule has 0 heterocycles. The van der Waals surface area contributed by atoms with E-state index in [1.54, 1.807) is 12.1 Å². The number of anilines is 1. The van der Waals surface area contributed by atoms with Crippen molar-refractivity contribution in [3.05, 3.63) is 42.5 Å². The Kier molecular flexibility index (Phi) is 3.25. The van der Waals surface area contributed by atoms with E-state index in [2.05, 4.69) is 4.74 Å². The molecule has 0 bridgehead atoms. The van der Waals surface area contributed by atoms with Gasteiger partial charge in [0.15, 0.2) is 0 Å². The molecule has 0 saturated heterocycles. The summed E-state index contributed by atoms with van der Waals surface area (Å²) in [5, 5.41) is 9.73. The lowest BCUT2D eigenvalue weighted by Crippen LogP contribution is -2.17. The second kappa shape index (κ2) is 4.72. The van der Waals surface area contributed by atoms with Gasteiger partial charge in [0.2, 0.25) is 0 Å². The van der Waals surface area contributed by atoms with Gasteiger partial charge in [0.1, 0.15) is 11.5 Å². The van der Waals surface area contributed by atoms with Gasteiger partial charge in [0.05, 0.1) is 0 Å². The summed E-state index contributed by atoms with van der Waals surface area (Å²) in [5.74, 6) is -0.453. The van der Waals surface area contributed by atoms with Gasteiger partial charge in [-0.05, 0) is 29.8 Å². The lowest BCUT2D eigenvalue weighted by Gasteiger charge is -2.11. The summed E-state index contributed by atoms with van der Waals surface area (Å²) in [6, 6.07) is 9.75. The van der Waals surface area contributed by atoms with Crippen LogP contribution < -0.4 is 10.5 Å². The molecule has 0 amide bonds. The molecule has 0 atom stereocenters. The number of ether oxygens (including phenoxy) is 1. The quantitative estimate of drug-likeness (QED) is 0.820. The number of hydrogen-bond donors (Lipinski definition) is 2. The lowest BCUT2D eigenvalue weighted by molar-refractivity contribution is -0.274. The summed E-state index contributed by atoms with van der Waals surface area (Å²) in [7, 11) is 0. The maximum Gasteiger partial charge on any atom is 0.573 e. The van der Waals surface area contributed by atoms with Gasteiger partial charge in [-0.15, -0.1) is 13.2 Å². The molecule has 0 radical (unpaired) electrons. The fraction of sp³-hybridized carbons (Fsp3) is 0.0769. The molecule has 0 fully saturated rings. The van der Waals surface area contributed by atoms with Gasteiger partial charge in [-0.25, -0.2) is 0 Å². The average molecular weight is 269 g/mol. The number of alkyl halides is 3. The molecule has 6 heteroatoms. The van der Waals surface area contributed by atoms with Crippen LogP contribution in [0.25, 0.3) is 11.1 Å². The van der Waals surface area contributed by atoms with Gasteiger partial charge in [0.25, 0.3) is 0 Å². The van der Waals surface area contributed by atoms with E-state index in [1.807, 2.05) is 0 Å². The molecular weight excluding hydrogens is 259 g/mol. The molecule has 0 aliphatic heterocycles. The van der Waals surface area contributed by atoms with Crippen molar-refractivity contribution in [2.24, 2.45) is 0 Å². The van der Waals surface area contributed by atoms with Crippen LogP contribution in [-0.4, -0.2) is 11.5 Å². The van der Waals surface area contributed by atoms with Crippen molar-refractivity contribution in [2.45, 2.75) is 6.36 Å². The van der Waals surface area contributed by atoms with E-state index in [1.165, 1.54) is 30.3 Å². The highest BCUT2D eigenvalue weighted by Crippen LogP contribution is 2.33. The van der Waals surface area contributed by atoms with Crippen LogP contribution in [0.1, 0.15) is 0 Å². The van der Waals surface area contributed by atoms with Crippen LogP contribution in [0, 0.1) is 0 Å². The molecule has 0 aliphatic rings. The normalized spacial score (nSPS) is 11.3. The first-order valence-electron chi connectivity index (χ1n) is 5.30. The SMILES string of the molecule is Nc1ccc(-c2cccc(OC(F)(F)F)c2)c(O)c1. The zero-order valence-corrected chi connectivity index (χ0v) is 9.61. The Morgan fingerprint density at radius 1 is 1.05 bits per heavy atom. The molecule has 2 aromatic carbocycles. The lowest BCUT2D eigenvalue weighted by atomic mass is 10.0. The molecule has 3 N–H and O–H groups in total. The summed E-state index contributed by atoms with van der Waals surface area (Å²) >= 11 is 0. The second-order valence-corrected chi connectivity index (χ2v) is 3.85. The Morgan fingerprint density at radius 2 is 1.79 bits per heavy atom. The number of phenolic OH excluding ortho intramolecular Hbond substituents is 1. The minimum absolute atomic E-state index is 0.107. The maximum absolute atomic E-state index is 12.1. The molecule has 0 aromatic heterocycles. The Labute approximate surface area is 107 Å². The summed E-state index contributed by atoms with van der Waals surface area (Å²) < 4.78 is 40.2. The first-order chi connectivity index (χ1) is 8.85. The molecule has 0 aliphatic carbocycles. The fourth-order valence-corrected chi connectivity index (χ4v) is 1.65.